The van der Waals surface area contributed by atoms with Crippen molar-refractivity contribution in [2.24, 2.45) is 0 Å². The maximum atomic E-state index is 5.80. The van der Waals surface area contributed by atoms with Crippen molar-refractivity contribution < 1.29 is 4.74 Å². The van der Waals surface area contributed by atoms with Crippen molar-refractivity contribution in [3.63, 3.8) is 0 Å². The molecule has 0 aliphatic carbocycles. The monoisotopic (exact) mass is 269 g/mol. The first-order valence-electron chi connectivity index (χ1n) is 6.76. The van der Waals surface area contributed by atoms with Gasteiger partial charge < -0.3 is 10.1 Å². The summed E-state index contributed by atoms with van der Waals surface area (Å²) in [6, 6.07) is 2.28. The van der Waals surface area contributed by atoms with Crippen molar-refractivity contribution in [2.45, 2.75) is 72.8 Å². The molecule has 0 saturated carbocycles. The molecule has 1 aromatic heterocycles. The van der Waals surface area contributed by atoms with Gasteiger partial charge in [-0.3, -0.25) is 0 Å². The van der Waals surface area contributed by atoms with E-state index >= 15 is 0 Å². The van der Waals surface area contributed by atoms with Crippen LogP contribution in [0.1, 0.15) is 56.4 Å². The van der Waals surface area contributed by atoms with E-state index in [0.29, 0.717) is 6.10 Å². The highest BCUT2D eigenvalue weighted by Crippen LogP contribution is 2.23. The molecule has 1 N–H and O–H groups in total. The first-order chi connectivity index (χ1) is 8.31. The van der Waals surface area contributed by atoms with Crippen LogP contribution in [0.15, 0.2) is 6.07 Å². The first kappa shape index (κ1) is 15.7. The number of hydrogen-bond donors (Lipinski definition) is 1. The normalized spacial score (nSPS) is 13.9. The average Bonchev–Trinajstić information content (AvgIpc) is 2.63. The number of aryl methyl sites for hydroxylation is 1. The Morgan fingerprint density at radius 3 is 2.61 bits per heavy atom. The van der Waals surface area contributed by atoms with Gasteiger partial charge >= 0.3 is 0 Å². The van der Waals surface area contributed by atoms with Crippen LogP contribution in [0.4, 0.5) is 0 Å². The Hall–Kier alpha value is -0.380. The number of ether oxygens (including phenoxy) is 1. The minimum Gasteiger partial charge on any atom is -0.374 e. The van der Waals surface area contributed by atoms with Crippen LogP contribution in [0.25, 0.3) is 0 Å². The lowest BCUT2D eigenvalue weighted by Gasteiger charge is -2.19. The molecule has 0 spiro atoms. The minimum absolute atomic E-state index is 0.172. The van der Waals surface area contributed by atoms with Crippen LogP contribution in [-0.2, 0) is 17.9 Å². The van der Waals surface area contributed by atoms with Crippen LogP contribution < -0.4 is 5.32 Å². The molecule has 2 nitrogen and oxygen atoms in total. The van der Waals surface area contributed by atoms with Crippen molar-refractivity contribution in [1.82, 2.24) is 5.32 Å². The quantitative estimate of drug-likeness (QED) is 0.833. The second-order valence-corrected chi connectivity index (χ2v) is 7.27. The van der Waals surface area contributed by atoms with Crippen molar-refractivity contribution >= 4 is 11.3 Å². The van der Waals surface area contributed by atoms with E-state index in [1.807, 2.05) is 11.3 Å². The summed E-state index contributed by atoms with van der Waals surface area (Å²) >= 11 is 1.87. The molecule has 18 heavy (non-hydrogen) atoms. The van der Waals surface area contributed by atoms with Crippen LogP contribution in [-0.4, -0.2) is 11.6 Å². The molecule has 1 atom stereocenters. The van der Waals surface area contributed by atoms with E-state index in [9.17, 15) is 0 Å². The van der Waals surface area contributed by atoms with Gasteiger partial charge in [0, 0.05) is 21.8 Å². The van der Waals surface area contributed by atoms with E-state index < -0.39 is 0 Å². The molecule has 0 aromatic carbocycles. The fraction of sp³-hybridized carbons (Fsp3) is 0.733. The van der Waals surface area contributed by atoms with E-state index in [1.54, 1.807) is 0 Å². The Kier molecular flexibility index (Phi) is 5.83. The van der Waals surface area contributed by atoms with Gasteiger partial charge in [0.1, 0.15) is 0 Å². The molecule has 0 aliphatic rings. The molecule has 0 bridgehead atoms. The second-order valence-electron chi connectivity index (χ2n) is 5.93. The zero-order valence-electron chi connectivity index (χ0n) is 12.6. The molecule has 1 heterocycles. The second kappa shape index (κ2) is 6.69. The molecule has 0 aliphatic heterocycles. The lowest BCUT2D eigenvalue weighted by atomic mass is 10.1. The molecule has 104 valence electrons. The summed E-state index contributed by atoms with van der Waals surface area (Å²) in [7, 11) is 0. The predicted molar refractivity (Wildman–Crippen MR) is 80.2 cm³/mol. The van der Waals surface area contributed by atoms with E-state index in [-0.39, 0.29) is 5.54 Å². The predicted octanol–water partition coefficient (Wildman–Crippen LogP) is 4.26. The summed E-state index contributed by atoms with van der Waals surface area (Å²) < 4.78 is 5.80. The van der Waals surface area contributed by atoms with Crippen molar-refractivity contribution in [2.75, 3.05) is 0 Å². The van der Waals surface area contributed by atoms with Gasteiger partial charge in [-0.1, -0.05) is 6.92 Å². The molecular formula is C15H27NOS. The van der Waals surface area contributed by atoms with Crippen molar-refractivity contribution in [3.8, 4) is 0 Å². The van der Waals surface area contributed by atoms with Crippen LogP contribution in [0.5, 0.6) is 0 Å². The SMILES string of the molecule is CCC(C)OCc1cc(CNC(C)(C)C)sc1C. The molecule has 0 amide bonds. The third-order valence-corrected chi connectivity index (χ3v) is 4.06. The highest BCUT2D eigenvalue weighted by atomic mass is 32.1. The fourth-order valence-electron chi connectivity index (χ4n) is 1.52. The van der Waals surface area contributed by atoms with E-state index in [1.165, 1.54) is 15.3 Å². The molecule has 0 radical (unpaired) electrons. The topological polar surface area (TPSA) is 21.3 Å². The molecule has 1 rings (SSSR count). The third kappa shape index (κ3) is 5.51. The van der Waals surface area contributed by atoms with E-state index in [0.717, 1.165) is 19.6 Å². The summed E-state index contributed by atoms with van der Waals surface area (Å²) in [6.07, 6.45) is 1.42. The Balaban J connectivity index is 2.53. The van der Waals surface area contributed by atoms with Gasteiger partial charge in [0.15, 0.2) is 0 Å². The van der Waals surface area contributed by atoms with Gasteiger partial charge in [0.2, 0.25) is 0 Å². The Labute approximate surface area is 116 Å². The van der Waals surface area contributed by atoms with Crippen LogP contribution in [0.2, 0.25) is 0 Å². The van der Waals surface area contributed by atoms with E-state index in [4.69, 9.17) is 4.74 Å². The Morgan fingerprint density at radius 2 is 2.06 bits per heavy atom. The molecule has 1 unspecified atom stereocenters. The van der Waals surface area contributed by atoms with Crippen LogP contribution in [0.3, 0.4) is 0 Å². The van der Waals surface area contributed by atoms with Crippen molar-refractivity contribution in [1.29, 1.82) is 0 Å². The lowest BCUT2D eigenvalue weighted by molar-refractivity contribution is 0.0508. The van der Waals surface area contributed by atoms with Crippen LogP contribution in [0, 0.1) is 6.92 Å². The maximum absolute atomic E-state index is 5.80. The number of nitrogens with one attached hydrogen (secondary N) is 1. The summed E-state index contributed by atoms with van der Waals surface area (Å²) in [5.41, 5.74) is 1.51. The van der Waals surface area contributed by atoms with Gasteiger partial charge in [-0.15, -0.1) is 11.3 Å². The smallest absolute Gasteiger partial charge is 0.0731 e. The number of rotatable bonds is 6. The largest absolute Gasteiger partial charge is 0.374 e. The first-order valence-corrected chi connectivity index (χ1v) is 7.58. The maximum Gasteiger partial charge on any atom is 0.0731 e. The average molecular weight is 269 g/mol. The summed E-state index contributed by atoms with van der Waals surface area (Å²) in [4.78, 5) is 2.77. The Bertz CT molecular complexity index is 365. The number of thiophene rings is 1. The molecule has 0 fully saturated rings. The minimum atomic E-state index is 0.172. The van der Waals surface area contributed by atoms with Gasteiger partial charge in [0.25, 0.3) is 0 Å². The Morgan fingerprint density at radius 1 is 1.39 bits per heavy atom. The summed E-state index contributed by atoms with van der Waals surface area (Å²) in [5.74, 6) is 0. The fourth-order valence-corrected chi connectivity index (χ4v) is 2.51. The number of hydrogen-bond acceptors (Lipinski definition) is 3. The highest BCUT2D eigenvalue weighted by molar-refractivity contribution is 7.12. The standard InChI is InChI=1S/C15H27NOS/c1-7-11(2)17-10-13-8-14(18-12(13)3)9-16-15(4,5)6/h8,11,16H,7,9-10H2,1-6H3. The van der Waals surface area contributed by atoms with Crippen LogP contribution >= 0.6 is 11.3 Å². The highest BCUT2D eigenvalue weighted by Gasteiger charge is 2.11. The van der Waals surface area contributed by atoms with Gasteiger partial charge in [-0.05, 0) is 52.7 Å². The molecule has 0 saturated heterocycles. The zero-order valence-corrected chi connectivity index (χ0v) is 13.4. The summed E-state index contributed by atoms with van der Waals surface area (Å²) in [6.45, 7) is 14.7. The van der Waals surface area contributed by atoms with Gasteiger partial charge in [0.05, 0.1) is 12.7 Å². The zero-order chi connectivity index (χ0) is 13.8. The molecular weight excluding hydrogens is 242 g/mol. The third-order valence-electron chi connectivity index (χ3n) is 2.96. The van der Waals surface area contributed by atoms with Gasteiger partial charge in [-0.2, -0.15) is 0 Å². The molecule has 3 heteroatoms. The van der Waals surface area contributed by atoms with Gasteiger partial charge in [-0.25, -0.2) is 0 Å². The van der Waals surface area contributed by atoms with E-state index in [2.05, 4.69) is 52.9 Å². The lowest BCUT2D eigenvalue weighted by Crippen LogP contribution is -2.34. The molecule has 1 aromatic rings. The van der Waals surface area contributed by atoms with Crippen molar-refractivity contribution in [3.05, 3.63) is 21.4 Å². The summed E-state index contributed by atoms with van der Waals surface area (Å²) in [5, 5.41) is 3.52.